The topological polar surface area (TPSA) is 72.8 Å². The van der Waals surface area contributed by atoms with E-state index >= 15 is 0 Å². The minimum Gasteiger partial charge on any atom is -0.508 e. The van der Waals surface area contributed by atoms with Gasteiger partial charge < -0.3 is 14.6 Å². The zero-order valence-electron chi connectivity index (χ0n) is 17.8. The van der Waals surface area contributed by atoms with E-state index in [4.69, 9.17) is 9.47 Å². The van der Waals surface area contributed by atoms with E-state index in [0.717, 1.165) is 11.1 Å². The van der Waals surface area contributed by atoms with E-state index in [-0.39, 0.29) is 35.6 Å². The van der Waals surface area contributed by atoms with Crippen molar-refractivity contribution in [2.75, 3.05) is 0 Å². The molecule has 5 rings (SSSR count). The van der Waals surface area contributed by atoms with Gasteiger partial charge in [-0.3, -0.25) is 9.59 Å². The summed E-state index contributed by atoms with van der Waals surface area (Å²) in [6.07, 6.45) is 1.83. The van der Waals surface area contributed by atoms with Crippen LogP contribution in [0.5, 0.6) is 17.2 Å². The fourth-order valence-electron chi connectivity index (χ4n) is 4.26. The summed E-state index contributed by atoms with van der Waals surface area (Å²) < 4.78 is 11.5. The lowest BCUT2D eigenvalue weighted by molar-refractivity contribution is -0.135. The summed E-state index contributed by atoms with van der Waals surface area (Å²) in [5.74, 6) is 0.607. The molecule has 0 saturated carbocycles. The molecule has 1 N–H and O–H groups in total. The third-order valence-corrected chi connectivity index (χ3v) is 5.95. The SMILES string of the molecule is CC(C)c1ccc(/C=C2\Oc3c(ccc4c3[C@@H](c3cccc(O)c3)CC(=O)O4)C2=O)cc1. The molecule has 1 atom stereocenters. The van der Waals surface area contributed by atoms with Crippen molar-refractivity contribution in [2.24, 2.45) is 0 Å². The first-order chi connectivity index (χ1) is 15.4. The second-order valence-electron chi connectivity index (χ2n) is 8.44. The number of aromatic hydroxyl groups is 1. The van der Waals surface area contributed by atoms with Gasteiger partial charge in [-0.1, -0.05) is 50.2 Å². The number of hydrogen-bond donors (Lipinski definition) is 1. The number of carbonyl (C=O) groups excluding carboxylic acids is 2. The summed E-state index contributed by atoms with van der Waals surface area (Å²) in [5.41, 5.74) is 3.94. The predicted octanol–water partition coefficient (Wildman–Crippen LogP) is 5.57. The largest absolute Gasteiger partial charge is 0.508 e. The fourth-order valence-corrected chi connectivity index (χ4v) is 4.26. The smallest absolute Gasteiger partial charge is 0.312 e. The Kier molecular flexibility index (Phi) is 4.82. The number of phenols is 1. The lowest BCUT2D eigenvalue weighted by Gasteiger charge is -2.26. The summed E-state index contributed by atoms with van der Waals surface area (Å²) >= 11 is 0. The zero-order valence-corrected chi connectivity index (χ0v) is 17.8. The maximum absolute atomic E-state index is 13.1. The average molecular weight is 426 g/mol. The van der Waals surface area contributed by atoms with Gasteiger partial charge in [0.05, 0.1) is 12.0 Å². The van der Waals surface area contributed by atoms with E-state index in [2.05, 4.69) is 13.8 Å². The van der Waals surface area contributed by atoms with Crippen molar-refractivity contribution < 1.29 is 24.2 Å². The van der Waals surface area contributed by atoms with Gasteiger partial charge in [0.25, 0.3) is 0 Å². The number of hydrogen-bond acceptors (Lipinski definition) is 5. The number of rotatable bonds is 3. The van der Waals surface area contributed by atoms with Crippen LogP contribution < -0.4 is 9.47 Å². The molecule has 0 radical (unpaired) electrons. The number of benzene rings is 3. The molecule has 5 heteroatoms. The Balaban J connectivity index is 1.56. The van der Waals surface area contributed by atoms with E-state index in [1.54, 1.807) is 36.4 Å². The third-order valence-electron chi connectivity index (χ3n) is 5.95. The van der Waals surface area contributed by atoms with Crippen LogP contribution in [0.3, 0.4) is 0 Å². The Hall–Kier alpha value is -3.86. The molecule has 3 aromatic rings. The lowest BCUT2D eigenvalue weighted by Crippen LogP contribution is -2.21. The van der Waals surface area contributed by atoms with E-state index < -0.39 is 0 Å². The van der Waals surface area contributed by atoms with Crippen molar-refractivity contribution in [3.8, 4) is 17.2 Å². The summed E-state index contributed by atoms with van der Waals surface area (Å²) in [5, 5.41) is 9.94. The second-order valence-corrected chi connectivity index (χ2v) is 8.44. The quantitative estimate of drug-likeness (QED) is 0.337. The molecule has 0 amide bonds. The highest BCUT2D eigenvalue weighted by Crippen LogP contribution is 2.49. The maximum Gasteiger partial charge on any atom is 0.312 e. The van der Waals surface area contributed by atoms with Crippen LogP contribution in [-0.4, -0.2) is 16.9 Å². The van der Waals surface area contributed by atoms with Crippen molar-refractivity contribution in [1.29, 1.82) is 0 Å². The lowest BCUT2D eigenvalue weighted by atomic mass is 9.84. The fraction of sp³-hybridized carbons (Fsp3) is 0.185. The summed E-state index contributed by atoms with van der Waals surface area (Å²) in [7, 11) is 0. The molecule has 0 fully saturated rings. The first kappa shape index (κ1) is 20.1. The number of ketones is 1. The molecule has 0 unspecified atom stereocenters. The van der Waals surface area contributed by atoms with Crippen LogP contribution in [-0.2, 0) is 4.79 Å². The Morgan fingerprint density at radius 3 is 2.50 bits per heavy atom. The predicted molar refractivity (Wildman–Crippen MR) is 120 cm³/mol. The monoisotopic (exact) mass is 426 g/mol. The minimum absolute atomic E-state index is 0.0974. The van der Waals surface area contributed by atoms with Crippen molar-refractivity contribution in [2.45, 2.75) is 32.1 Å². The number of allylic oxidation sites excluding steroid dienone is 1. The molecule has 2 heterocycles. The molecule has 0 aliphatic carbocycles. The van der Waals surface area contributed by atoms with Gasteiger partial charge in [-0.05, 0) is 52.9 Å². The van der Waals surface area contributed by atoms with Gasteiger partial charge in [-0.2, -0.15) is 0 Å². The van der Waals surface area contributed by atoms with Gasteiger partial charge >= 0.3 is 5.97 Å². The van der Waals surface area contributed by atoms with Crippen LogP contribution in [0.15, 0.2) is 66.4 Å². The molecule has 0 aromatic heterocycles. The third kappa shape index (κ3) is 3.46. The van der Waals surface area contributed by atoms with E-state index in [1.807, 2.05) is 30.3 Å². The van der Waals surface area contributed by atoms with Crippen molar-refractivity contribution >= 4 is 17.8 Å². The molecule has 3 aromatic carbocycles. The van der Waals surface area contributed by atoms with E-state index in [1.165, 1.54) is 5.56 Å². The van der Waals surface area contributed by atoms with Crippen LogP contribution in [0, 0.1) is 0 Å². The second kappa shape index (κ2) is 7.68. The Bertz CT molecular complexity index is 1270. The van der Waals surface area contributed by atoms with Crippen molar-refractivity contribution in [1.82, 2.24) is 0 Å². The standard InChI is InChI=1S/C27H22O5/c1-15(2)17-8-6-16(7-9-17)12-23-26(30)20-10-11-22-25(27(20)32-23)21(14-24(29)31-22)18-4-3-5-19(28)13-18/h3-13,15,21,28H,14H2,1-2H3/b23-12-/t21-/m1/s1. The molecule has 5 nitrogen and oxygen atoms in total. The van der Waals surface area contributed by atoms with Crippen molar-refractivity contribution in [3.63, 3.8) is 0 Å². The van der Waals surface area contributed by atoms with Crippen LogP contribution in [0.1, 0.15) is 64.7 Å². The van der Waals surface area contributed by atoms with Crippen LogP contribution in [0.4, 0.5) is 0 Å². The Morgan fingerprint density at radius 1 is 1.00 bits per heavy atom. The van der Waals surface area contributed by atoms with E-state index in [9.17, 15) is 14.7 Å². The van der Waals surface area contributed by atoms with Crippen LogP contribution >= 0.6 is 0 Å². The number of ether oxygens (including phenoxy) is 2. The number of fused-ring (bicyclic) bond motifs is 3. The molecule has 0 saturated heterocycles. The summed E-state index contributed by atoms with van der Waals surface area (Å²) in [6.45, 7) is 4.26. The van der Waals surface area contributed by atoms with Gasteiger partial charge in [0.1, 0.15) is 17.2 Å². The Morgan fingerprint density at radius 2 is 1.78 bits per heavy atom. The van der Waals surface area contributed by atoms with Crippen molar-refractivity contribution in [3.05, 3.63) is 94.2 Å². The molecule has 0 spiro atoms. The number of Topliss-reactive ketones (excluding diaryl/α,β-unsaturated/α-hetero) is 1. The van der Waals surface area contributed by atoms with Gasteiger partial charge in [-0.15, -0.1) is 0 Å². The van der Waals surface area contributed by atoms with Gasteiger partial charge in [-0.25, -0.2) is 0 Å². The van der Waals surface area contributed by atoms with E-state index in [0.29, 0.717) is 28.5 Å². The van der Waals surface area contributed by atoms with Gasteiger partial charge in [0.2, 0.25) is 5.78 Å². The number of esters is 1. The first-order valence-corrected chi connectivity index (χ1v) is 10.6. The number of carbonyl (C=O) groups is 2. The summed E-state index contributed by atoms with van der Waals surface area (Å²) in [6, 6.07) is 18.1. The molecule has 160 valence electrons. The maximum atomic E-state index is 13.1. The molecular formula is C27H22O5. The highest BCUT2D eigenvalue weighted by atomic mass is 16.5. The van der Waals surface area contributed by atoms with Gasteiger partial charge in [0.15, 0.2) is 5.76 Å². The highest BCUT2D eigenvalue weighted by molar-refractivity contribution is 6.15. The number of phenolic OH excluding ortho intramolecular Hbond substituents is 1. The molecule has 0 bridgehead atoms. The molecular weight excluding hydrogens is 404 g/mol. The normalized spacial score (nSPS) is 18.3. The highest BCUT2D eigenvalue weighted by Gasteiger charge is 2.38. The van der Waals surface area contributed by atoms with Crippen LogP contribution in [0.25, 0.3) is 6.08 Å². The Labute approximate surface area is 185 Å². The molecule has 32 heavy (non-hydrogen) atoms. The zero-order chi connectivity index (χ0) is 22.4. The first-order valence-electron chi connectivity index (χ1n) is 10.6. The molecule has 2 aliphatic heterocycles. The average Bonchev–Trinajstić information content (AvgIpc) is 3.08. The summed E-state index contributed by atoms with van der Waals surface area (Å²) in [4.78, 5) is 25.3. The molecule has 2 aliphatic rings. The van der Waals surface area contributed by atoms with Crippen LogP contribution in [0.2, 0.25) is 0 Å². The van der Waals surface area contributed by atoms with Gasteiger partial charge in [0, 0.05) is 11.5 Å². The minimum atomic E-state index is -0.384.